The fraction of sp³-hybridized carbons (Fsp3) is 0.500. The van der Waals surface area contributed by atoms with Crippen molar-refractivity contribution in [3.63, 3.8) is 0 Å². The van der Waals surface area contributed by atoms with Gasteiger partial charge in [0.25, 0.3) is 0 Å². The first kappa shape index (κ1) is 16.8. The number of nitrogens with one attached hydrogen (secondary N) is 2. The standard InChI is InChI=1S/C18H26N8/c1-24(2)15-8-6-13(7-9-15)20-17-16-5-4-10-26(16)23-18(22-17)21-14-11-19-25(3)12-14/h4-5,10-13,15H,6-9H2,1-3H3,(H2,20,21,22,23)/t13-,15-. The highest BCUT2D eigenvalue weighted by Gasteiger charge is 2.23. The topological polar surface area (TPSA) is 75.3 Å². The highest BCUT2D eigenvalue weighted by molar-refractivity contribution is 5.69. The lowest BCUT2D eigenvalue weighted by Crippen LogP contribution is -2.36. The highest BCUT2D eigenvalue weighted by Crippen LogP contribution is 2.26. The van der Waals surface area contributed by atoms with Crippen molar-refractivity contribution in [1.82, 2.24) is 29.3 Å². The lowest BCUT2D eigenvalue weighted by molar-refractivity contribution is 0.221. The summed E-state index contributed by atoms with van der Waals surface area (Å²) >= 11 is 0. The van der Waals surface area contributed by atoms with Gasteiger partial charge in [-0.1, -0.05) is 0 Å². The van der Waals surface area contributed by atoms with E-state index >= 15 is 0 Å². The van der Waals surface area contributed by atoms with E-state index < -0.39 is 0 Å². The van der Waals surface area contributed by atoms with Gasteiger partial charge in [-0.2, -0.15) is 10.1 Å². The van der Waals surface area contributed by atoms with Crippen LogP contribution in [0.5, 0.6) is 0 Å². The molecule has 3 aromatic heterocycles. The molecule has 0 saturated heterocycles. The van der Waals surface area contributed by atoms with Crippen LogP contribution in [-0.2, 0) is 7.05 Å². The Morgan fingerprint density at radius 3 is 2.69 bits per heavy atom. The zero-order valence-electron chi connectivity index (χ0n) is 15.6. The number of aromatic nitrogens is 5. The molecule has 1 saturated carbocycles. The molecule has 2 N–H and O–H groups in total. The summed E-state index contributed by atoms with van der Waals surface area (Å²) in [5.74, 6) is 1.44. The van der Waals surface area contributed by atoms with Crippen LogP contribution in [0.2, 0.25) is 0 Å². The van der Waals surface area contributed by atoms with Crippen LogP contribution in [0.25, 0.3) is 5.52 Å². The van der Waals surface area contributed by atoms with E-state index in [0.29, 0.717) is 18.0 Å². The van der Waals surface area contributed by atoms with Crippen molar-refractivity contribution in [3.8, 4) is 0 Å². The van der Waals surface area contributed by atoms with Gasteiger partial charge in [0.15, 0.2) is 5.82 Å². The van der Waals surface area contributed by atoms with E-state index in [1.54, 1.807) is 10.9 Å². The van der Waals surface area contributed by atoms with Crippen LogP contribution in [0.4, 0.5) is 17.5 Å². The minimum Gasteiger partial charge on any atom is -0.365 e. The molecule has 8 heteroatoms. The van der Waals surface area contributed by atoms with E-state index in [9.17, 15) is 0 Å². The number of aryl methyl sites for hydroxylation is 1. The summed E-state index contributed by atoms with van der Waals surface area (Å²) in [4.78, 5) is 7.06. The predicted octanol–water partition coefficient (Wildman–Crippen LogP) is 2.49. The van der Waals surface area contributed by atoms with E-state index in [0.717, 1.165) is 29.9 Å². The van der Waals surface area contributed by atoms with Gasteiger partial charge in [0.2, 0.25) is 5.95 Å². The molecule has 0 amide bonds. The molecule has 0 unspecified atom stereocenters. The molecule has 0 aliphatic heterocycles. The van der Waals surface area contributed by atoms with Crippen LogP contribution in [0.1, 0.15) is 25.7 Å². The van der Waals surface area contributed by atoms with Gasteiger partial charge in [-0.15, -0.1) is 5.10 Å². The molecular weight excluding hydrogens is 328 g/mol. The number of rotatable bonds is 5. The summed E-state index contributed by atoms with van der Waals surface area (Å²) in [6.07, 6.45) is 10.4. The third kappa shape index (κ3) is 3.50. The summed E-state index contributed by atoms with van der Waals surface area (Å²) in [5, 5.41) is 15.6. The van der Waals surface area contributed by atoms with Crippen molar-refractivity contribution in [1.29, 1.82) is 0 Å². The maximum atomic E-state index is 4.72. The second-order valence-corrected chi connectivity index (χ2v) is 7.26. The van der Waals surface area contributed by atoms with Crippen LogP contribution in [0.3, 0.4) is 0 Å². The third-order valence-corrected chi connectivity index (χ3v) is 5.12. The monoisotopic (exact) mass is 354 g/mol. The van der Waals surface area contributed by atoms with Crippen LogP contribution in [0.15, 0.2) is 30.7 Å². The Kier molecular flexibility index (Phi) is 4.50. The highest BCUT2D eigenvalue weighted by atomic mass is 15.3. The van der Waals surface area contributed by atoms with Gasteiger partial charge in [-0.05, 0) is 51.9 Å². The first-order valence-corrected chi connectivity index (χ1v) is 9.12. The number of hydrogen-bond acceptors (Lipinski definition) is 6. The Labute approximate surface area is 153 Å². The summed E-state index contributed by atoms with van der Waals surface area (Å²) in [7, 11) is 6.23. The smallest absolute Gasteiger partial charge is 0.247 e. The SMILES string of the molecule is Cn1cc(Nc2nc(N[C@H]3CC[C@H](N(C)C)CC3)c3cccn3n2)cn1. The van der Waals surface area contributed by atoms with Crippen LogP contribution < -0.4 is 10.6 Å². The van der Waals surface area contributed by atoms with Gasteiger partial charge in [0.1, 0.15) is 5.52 Å². The molecule has 8 nitrogen and oxygen atoms in total. The maximum absolute atomic E-state index is 4.72. The van der Waals surface area contributed by atoms with Gasteiger partial charge in [0.05, 0.1) is 11.9 Å². The largest absolute Gasteiger partial charge is 0.365 e. The summed E-state index contributed by atoms with van der Waals surface area (Å²) in [6, 6.07) is 5.17. The third-order valence-electron chi connectivity index (χ3n) is 5.12. The van der Waals surface area contributed by atoms with Gasteiger partial charge in [0, 0.05) is 31.5 Å². The van der Waals surface area contributed by atoms with Crippen molar-refractivity contribution in [2.45, 2.75) is 37.8 Å². The average Bonchev–Trinajstić information content (AvgIpc) is 3.24. The number of anilines is 3. The van der Waals surface area contributed by atoms with E-state index in [1.807, 2.05) is 36.1 Å². The Hall–Kier alpha value is -2.61. The van der Waals surface area contributed by atoms with Gasteiger partial charge in [-0.25, -0.2) is 4.52 Å². The van der Waals surface area contributed by atoms with Crippen LogP contribution >= 0.6 is 0 Å². The second-order valence-electron chi connectivity index (χ2n) is 7.26. The number of hydrogen-bond donors (Lipinski definition) is 2. The molecular formula is C18H26N8. The molecule has 3 heterocycles. The first-order valence-electron chi connectivity index (χ1n) is 9.12. The summed E-state index contributed by atoms with van der Waals surface area (Å²) in [5.41, 5.74) is 1.87. The van der Waals surface area contributed by atoms with E-state index in [4.69, 9.17) is 4.98 Å². The zero-order valence-corrected chi connectivity index (χ0v) is 15.6. The fourth-order valence-corrected chi connectivity index (χ4v) is 3.64. The van der Waals surface area contributed by atoms with E-state index in [2.05, 4.69) is 39.8 Å². The van der Waals surface area contributed by atoms with Gasteiger partial charge in [-0.3, -0.25) is 4.68 Å². The molecule has 3 aromatic rings. The molecule has 0 radical (unpaired) electrons. The van der Waals surface area contributed by atoms with Crippen molar-refractivity contribution in [3.05, 3.63) is 30.7 Å². The zero-order chi connectivity index (χ0) is 18.1. The van der Waals surface area contributed by atoms with E-state index in [1.165, 1.54) is 12.8 Å². The minimum absolute atomic E-state index is 0.450. The lowest BCUT2D eigenvalue weighted by atomic mass is 9.90. The molecule has 0 aromatic carbocycles. The molecule has 26 heavy (non-hydrogen) atoms. The van der Waals surface area contributed by atoms with E-state index in [-0.39, 0.29) is 0 Å². The molecule has 0 atom stereocenters. The number of fused-ring (bicyclic) bond motifs is 1. The fourth-order valence-electron chi connectivity index (χ4n) is 3.64. The Bertz CT molecular complexity index is 872. The Morgan fingerprint density at radius 1 is 1.19 bits per heavy atom. The van der Waals surface area contributed by atoms with Gasteiger partial charge < -0.3 is 15.5 Å². The molecule has 1 aliphatic carbocycles. The van der Waals surface area contributed by atoms with Gasteiger partial charge >= 0.3 is 0 Å². The molecule has 1 fully saturated rings. The van der Waals surface area contributed by atoms with Crippen molar-refractivity contribution < 1.29 is 0 Å². The normalized spacial score (nSPS) is 20.6. The summed E-state index contributed by atoms with van der Waals surface area (Å²) in [6.45, 7) is 0. The number of nitrogens with zero attached hydrogens (tertiary/aromatic N) is 6. The van der Waals surface area contributed by atoms with Crippen molar-refractivity contribution >= 4 is 23.0 Å². The Morgan fingerprint density at radius 2 is 2.00 bits per heavy atom. The Balaban J connectivity index is 1.53. The molecule has 0 spiro atoms. The first-order chi connectivity index (χ1) is 12.6. The minimum atomic E-state index is 0.450. The molecule has 4 rings (SSSR count). The second kappa shape index (κ2) is 6.95. The predicted molar refractivity (Wildman–Crippen MR) is 103 cm³/mol. The quantitative estimate of drug-likeness (QED) is 0.733. The average molecular weight is 354 g/mol. The molecule has 0 bridgehead atoms. The lowest BCUT2D eigenvalue weighted by Gasteiger charge is -2.33. The molecule has 1 aliphatic rings. The summed E-state index contributed by atoms with van der Waals surface area (Å²) < 4.78 is 3.61. The molecule has 138 valence electrons. The van der Waals surface area contributed by atoms with Crippen LogP contribution in [0, 0.1) is 0 Å². The van der Waals surface area contributed by atoms with Crippen molar-refractivity contribution in [2.75, 3.05) is 24.7 Å². The maximum Gasteiger partial charge on any atom is 0.247 e. The van der Waals surface area contributed by atoms with Crippen molar-refractivity contribution in [2.24, 2.45) is 7.05 Å². The van der Waals surface area contributed by atoms with Crippen LogP contribution in [-0.4, -0.2) is 55.5 Å².